The Hall–Kier alpha value is -5.85. The number of aliphatic imine (C=N–C) groups is 1. The van der Waals surface area contributed by atoms with Crippen molar-refractivity contribution in [3.63, 3.8) is 0 Å². The maximum Gasteiger partial charge on any atom is 0.265 e. The van der Waals surface area contributed by atoms with Crippen LogP contribution in [0.25, 0.3) is 0 Å². The number of benzene rings is 4. The molecule has 0 aromatic heterocycles. The molecule has 2 N–H and O–H groups in total. The van der Waals surface area contributed by atoms with Crippen LogP contribution in [-0.2, 0) is 14.3 Å². The Bertz CT molecular complexity index is 2580. The molecule has 0 amide bonds. The molecule has 4 aromatic carbocycles. The van der Waals surface area contributed by atoms with E-state index in [0.29, 0.717) is 61.7 Å². The SMILES string of the molecule is CCC(C#N)OS(C)(=O)=O.CCC(C#N)Oc1cccc(C(F)F)c1Cl.CCC(C#N)Oc1cccc(C=O)c1Cl.CCC(Oc1cccc(C(F)F)c1Cl)C1=NCCN1.O=Cc1cccc(O)c1Cl. The molecule has 0 bridgehead atoms. The molecule has 0 saturated heterocycles. The van der Waals surface area contributed by atoms with E-state index in [1.165, 1.54) is 42.5 Å². The third-order valence-electron chi connectivity index (χ3n) is 8.73. The molecule has 0 aliphatic carbocycles. The summed E-state index contributed by atoms with van der Waals surface area (Å²) < 4.78 is 91.9. The molecule has 378 valence electrons. The van der Waals surface area contributed by atoms with Crippen molar-refractivity contribution in [1.82, 2.24) is 5.32 Å². The predicted octanol–water partition coefficient (Wildman–Crippen LogP) is 12.4. The van der Waals surface area contributed by atoms with Crippen LogP contribution in [0.1, 0.15) is 98.1 Å². The number of rotatable bonds is 17. The van der Waals surface area contributed by atoms with Crippen molar-refractivity contribution < 1.29 is 59.1 Å². The normalized spacial score (nSPS) is 13.0. The van der Waals surface area contributed by atoms with Crippen molar-refractivity contribution in [2.24, 2.45) is 4.99 Å². The number of phenolic OH excluding ortho intramolecular Hbond substituents is 1. The second-order valence-corrected chi connectivity index (χ2v) is 16.9. The first-order valence-corrected chi connectivity index (χ1v) is 24.2. The molecule has 0 spiro atoms. The van der Waals surface area contributed by atoms with Crippen LogP contribution in [0.3, 0.4) is 0 Å². The van der Waals surface area contributed by atoms with Crippen LogP contribution in [0.5, 0.6) is 23.0 Å². The van der Waals surface area contributed by atoms with Crippen LogP contribution in [-0.4, -0.2) is 75.7 Å². The first-order chi connectivity index (χ1) is 33.2. The van der Waals surface area contributed by atoms with Crippen molar-refractivity contribution in [2.45, 2.75) is 90.6 Å². The molecule has 1 aliphatic rings. The molecule has 0 radical (unpaired) electrons. The summed E-state index contributed by atoms with van der Waals surface area (Å²) in [4.78, 5) is 25.1. The third-order valence-corrected chi connectivity index (χ3v) is 10.9. The van der Waals surface area contributed by atoms with Gasteiger partial charge >= 0.3 is 0 Å². The first-order valence-electron chi connectivity index (χ1n) is 20.8. The highest BCUT2D eigenvalue weighted by molar-refractivity contribution is 7.86. The van der Waals surface area contributed by atoms with Gasteiger partial charge in [-0.25, -0.2) is 17.6 Å². The zero-order valence-corrected chi connectivity index (χ0v) is 42.1. The van der Waals surface area contributed by atoms with E-state index in [4.69, 9.17) is 81.5 Å². The van der Waals surface area contributed by atoms with E-state index in [9.17, 15) is 35.6 Å². The number of nitriles is 3. The molecule has 4 unspecified atom stereocenters. The number of amidine groups is 1. The number of carbonyl (C=O) groups is 2. The maximum atomic E-state index is 12.8. The van der Waals surface area contributed by atoms with Gasteiger partial charge in [-0.15, -0.1) is 0 Å². The molecular formula is C47H49Cl4F4N5O9S. The standard InChI is InChI=1S/C13H15ClF2N2O.C11H10ClF2NO.C11H10ClNO2.C7H5ClO2.C5H9NO3S/c1-2-9(13-17-6-7-18-13)19-10-5-3-4-8(11(10)14)12(15)16;1-2-7(6-15)16-9-5-3-4-8(10(9)12)11(13)14;1-2-9(6-13)15-10-5-3-4-8(7-14)11(10)12;8-7-5(4-9)2-1-3-6(7)10;1-3-5(4-6)9-10(2,7)8/h3-5,9,12H,2,6-7H2,1H3,(H,17,18);3-5,7,11H,2H2,1H3;3-5,7,9H,2H2,1H3;1-4,10H;5H,3H2,1-2H3. The number of carbonyl (C=O) groups excluding carboxylic acids is 2. The summed E-state index contributed by atoms with van der Waals surface area (Å²) in [6, 6.07) is 23.5. The topological polar surface area (TPSA) is 221 Å². The number of nitrogens with one attached hydrogen (secondary N) is 1. The van der Waals surface area contributed by atoms with E-state index >= 15 is 0 Å². The Morgan fingerprint density at radius 1 is 0.657 bits per heavy atom. The van der Waals surface area contributed by atoms with E-state index in [0.717, 1.165) is 18.6 Å². The van der Waals surface area contributed by atoms with Crippen molar-refractivity contribution >= 4 is 74.9 Å². The average molecular weight is 1080 g/mol. The van der Waals surface area contributed by atoms with Crippen LogP contribution in [0.15, 0.2) is 77.8 Å². The van der Waals surface area contributed by atoms with Crippen molar-refractivity contribution in [2.75, 3.05) is 19.3 Å². The molecule has 23 heteroatoms. The Morgan fingerprint density at radius 3 is 1.41 bits per heavy atom. The summed E-state index contributed by atoms with van der Waals surface area (Å²) >= 11 is 23.1. The number of phenols is 1. The quantitative estimate of drug-likeness (QED) is 0.0571. The minimum absolute atomic E-state index is 0.0328. The number of alkyl halides is 4. The van der Waals surface area contributed by atoms with Gasteiger partial charge in [-0.05, 0) is 62.1 Å². The molecule has 70 heavy (non-hydrogen) atoms. The summed E-state index contributed by atoms with van der Waals surface area (Å²) in [5.74, 6) is 1.44. The lowest BCUT2D eigenvalue weighted by molar-refractivity contribution is 0.111. The van der Waals surface area contributed by atoms with Gasteiger partial charge < -0.3 is 24.6 Å². The van der Waals surface area contributed by atoms with Crippen molar-refractivity contribution in [3.05, 3.63) is 115 Å². The Balaban J connectivity index is 0.000000447. The van der Waals surface area contributed by atoms with Crippen LogP contribution >= 0.6 is 46.4 Å². The fraction of sp³-hybridized carbons (Fsp3) is 0.362. The number of halogens is 8. The van der Waals surface area contributed by atoms with E-state index < -0.39 is 41.3 Å². The van der Waals surface area contributed by atoms with Gasteiger partial charge in [0.25, 0.3) is 23.0 Å². The van der Waals surface area contributed by atoms with Gasteiger partial charge in [-0.3, -0.25) is 18.8 Å². The number of aromatic hydroxyl groups is 1. The highest BCUT2D eigenvalue weighted by Crippen LogP contribution is 2.36. The maximum absolute atomic E-state index is 12.8. The second kappa shape index (κ2) is 32.9. The van der Waals surface area contributed by atoms with Gasteiger partial charge in [0.05, 0.1) is 39.0 Å². The molecule has 1 aliphatic heterocycles. The number of aldehydes is 2. The molecule has 5 rings (SSSR count). The molecule has 14 nitrogen and oxygen atoms in total. The minimum atomic E-state index is -3.47. The zero-order chi connectivity index (χ0) is 53.0. The summed E-state index contributed by atoms with van der Waals surface area (Å²) in [6.07, 6.45) is -3.33. The predicted molar refractivity (Wildman–Crippen MR) is 259 cm³/mol. The zero-order valence-electron chi connectivity index (χ0n) is 38.2. The van der Waals surface area contributed by atoms with Gasteiger partial charge in [0.2, 0.25) is 0 Å². The van der Waals surface area contributed by atoms with E-state index in [2.05, 4.69) is 14.5 Å². The van der Waals surface area contributed by atoms with Gasteiger partial charge in [0.1, 0.15) is 41.0 Å². The molecule has 0 saturated carbocycles. The highest BCUT2D eigenvalue weighted by Gasteiger charge is 2.22. The third kappa shape index (κ3) is 21.4. The number of hydrogen-bond acceptors (Lipinski definition) is 14. The largest absolute Gasteiger partial charge is 0.506 e. The van der Waals surface area contributed by atoms with E-state index in [1.54, 1.807) is 50.2 Å². The molecule has 4 atom stereocenters. The average Bonchev–Trinajstić information content (AvgIpc) is 3.89. The van der Waals surface area contributed by atoms with E-state index in [1.807, 2.05) is 26.0 Å². The lowest BCUT2D eigenvalue weighted by atomic mass is 10.2. The van der Waals surface area contributed by atoms with Crippen LogP contribution in [0.2, 0.25) is 20.1 Å². The summed E-state index contributed by atoms with van der Waals surface area (Å²) in [5, 5.41) is 37.9. The molecule has 1 heterocycles. The summed E-state index contributed by atoms with van der Waals surface area (Å²) in [6.45, 7) is 8.71. The Labute approximate surface area is 424 Å². The Kier molecular flexibility index (Phi) is 29.2. The lowest BCUT2D eigenvalue weighted by Crippen LogP contribution is -2.35. The second-order valence-electron chi connectivity index (χ2n) is 13.8. The lowest BCUT2D eigenvalue weighted by Gasteiger charge is -2.19. The van der Waals surface area contributed by atoms with Crippen LogP contribution in [0, 0.1) is 34.0 Å². The van der Waals surface area contributed by atoms with Crippen LogP contribution in [0.4, 0.5) is 17.6 Å². The van der Waals surface area contributed by atoms with Gasteiger partial charge in [0, 0.05) is 28.8 Å². The number of nitrogens with zero attached hydrogens (tertiary/aromatic N) is 4. The molecular weight excluding hydrogens is 1030 g/mol. The van der Waals surface area contributed by atoms with Crippen molar-refractivity contribution in [1.29, 1.82) is 15.8 Å². The molecule has 0 fully saturated rings. The van der Waals surface area contributed by atoms with Crippen LogP contribution < -0.4 is 19.5 Å². The van der Waals surface area contributed by atoms with Gasteiger partial charge in [0.15, 0.2) is 37.0 Å². The number of ether oxygens (including phenoxy) is 3. The van der Waals surface area contributed by atoms with Gasteiger partial charge in [-0.2, -0.15) is 24.2 Å². The summed E-state index contributed by atoms with van der Waals surface area (Å²) in [7, 11) is -3.47. The number of hydrogen-bond donors (Lipinski definition) is 2. The van der Waals surface area contributed by atoms with E-state index in [-0.39, 0.29) is 54.6 Å². The minimum Gasteiger partial charge on any atom is -0.506 e. The Morgan fingerprint density at radius 2 is 1.07 bits per heavy atom. The van der Waals surface area contributed by atoms with Crippen molar-refractivity contribution in [3.8, 4) is 41.2 Å². The smallest absolute Gasteiger partial charge is 0.265 e. The first kappa shape index (κ1) is 62.2. The molecule has 4 aromatic rings. The summed E-state index contributed by atoms with van der Waals surface area (Å²) in [5.41, 5.74) is 0.172. The fourth-order valence-corrected chi connectivity index (χ4v) is 6.62. The highest BCUT2D eigenvalue weighted by atomic mass is 35.5. The fourth-order valence-electron chi connectivity index (χ4n) is 5.13. The monoisotopic (exact) mass is 1080 g/mol. The van der Waals surface area contributed by atoms with Gasteiger partial charge in [-0.1, -0.05) is 110 Å².